The van der Waals surface area contributed by atoms with Gasteiger partial charge in [0, 0.05) is 55.7 Å². The van der Waals surface area contributed by atoms with Crippen LogP contribution in [-0.2, 0) is 11.8 Å². The monoisotopic (exact) mass is 500 g/mol. The molecule has 0 bridgehead atoms. The van der Waals surface area contributed by atoms with Crippen LogP contribution in [0.25, 0.3) is 34.1 Å². The number of pyridine rings is 2. The van der Waals surface area contributed by atoms with E-state index in [2.05, 4.69) is 34.3 Å². The number of nitrogens with zero attached hydrogens (tertiary/aromatic N) is 7. The van der Waals surface area contributed by atoms with Crippen molar-refractivity contribution in [3.8, 4) is 22.9 Å². The Bertz CT molecular complexity index is 1330. The third-order valence-corrected chi connectivity index (χ3v) is 6.99. The highest BCUT2D eigenvalue weighted by Crippen LogP contribution is 2.32. The van der Waals surface area contributed by atoms with Crippen LogP contribution in [0.1, 0.15) is 45.2 Å². The summed E-state index contributed by atoms with van der Waals surface area (Å²) in [4.78, 5) is 26.5. The number of aromatic nitrogens is 6. The Morgan fingerprint density at radius 3 is 2.51 bits per heavy atom. The molecule has 9 nitrogen and oxygen atoms in total. The molecule has 4 aromatic rings. The van der Waals surface area contributed by atoms with E-state index in [1.165, 1.54) is 0 Å². The van der Waals surface area contributed by atoms with Crippen molar-refractivity contribution in [3.05, 3.63) is 48.4 Å². The highest BCUT2D eigenvalue weighted by atomic mass is 16.5. The van der Waals surface area contributed by atoms with E-state index >= 15 is 0 Å². The molecule has 2 unspecified atom stereocenters. The number of imidazole rings is 1. The lowest BCUT2D eigenvalue weighted by atomic mass is 9.90. The van der Waals surface area contributed by atoms with Gasteiger partial charge in [0.25, 0.3) is 0 Å². The minimum Gasteiger partial charge on any atom is -0.378 e. The normalized spacial score (nSPS) is 19.9. The molecule has 0 aliphatic carbocycles. The quantitative estimate of drug-likeness (QED) is 0.446. The van der Waals surface area contributed by atoms with Gasteiger partial charge in [-0.05, 0) is 50.6 Å². The van der Waals surface area contributed by atoms with Crippen LogP contribution in [0.5, 0.6) is 0 Å². The average molecular weight is 501 g/mol. The molecule has 0 saturated carbocycles. The largest absolute Gasteiger partial charge is 0.378 e. The van der Waals surface area contributed by atoms with Crippen LogP contribution in [0.3, 0.4) is 0 Å². The SMILES string of the molecule is CC.CC1CC(c2cccc(-c3nc(N4CCOCC4)c4nc(-c5ccncc5)n(C)c4n3)n2)CCN1. The molecule has 37 heavy (non-hydrogen) atoms. The molecule has 194 valence electrons. The van der Waals surface area contributed by atoms with Crippen LogP contribution < -0.4 is 10.2 Å². The van der Waals surface area contributed by atoms with Gasteiger partial charge in [-0.2, -0.15) is 0 Å². The number of hydrogen-bond acceptors (Lipinski definition) is 8. The van der Waals surface area contributed by atoms with E-state index in [-0.39, 0.29) is 0 Å². The second-order valence-electron chi connectivity index (χ2n) is 9.40. The lowest BCUT2D eigenvalue weighted by molar-refractivity contribution is 0.122. The molecule has 0 radical (unpaired) electrons. The van der Waals surface area contributed by atoms with Crippen LogP contribution >= 0.6 is 0 Å². The highest BCUT2D eigenvalue weighted by Gasteiger charge is 2.25. The molecule has 6 rings (SSSR count). The molecular weight excluding hydrogens is 464 g/mol. The van der Waals surface area contributed by atoms with Crippen LogP contribution in [0.4, 0.5) is 5.82 Å². The summed E-state index contributed by atoms with van der Waals surface area (Å²) in [6.07, 6.45) is 5.75. The van der Waals surface area contributed by atoms with Gasteiger partial charge in [0.05, 0.1) is 13.2 Å². The molecule has 6 heterocycles. The lowest BCUT2D eigenvalue weighted by Gasteiger charge is -2.28. The van der Waals surface area contributed by atoms with E-state index in [0.717, 1.165) is 72.2 Å². The van der Waals surface area contributed by atoms with Crippen molar-refractivity contribution in [1.29, 1.82) is 0 Å². The third-order valence-electron chi connectivity index (χ3n) is 6.99. The molecule has 1 N–H and O–H groups in total. The fourth-order valence-electron chi connectivity index (χ4n) is 5.12. The van der Waals surface area contributed by atoms with Gasteiger partial charge in [-0.25, -0.2) is 19.9 Å². The van der Waals surface area contributed by atoms with E-state index < -0.39 is 0 Å². The first kappa shape index (κ1) is 25.2. The molecule has 2 fully saturated rings. The van der Waals surface area contributed by atoms with Crippen LogP contribution in [0.2, 0.25) is 0 Å². The minimum absolute atomic E-state index is 0.448. The zero-order chi connectivity index (χ0) is 25.8. The summed E-state index contributed by atoms with van der Waals surface area (Å²) < 4.78 is 7.64. The number of anilines is 1. The third kappa shape index (κ3) is 5.19. The summed E-state index contributed by atoms with van der Waals surface area (Å²) >= 11 is 0. The zero-order valence-electron chi connectivity index (χ0n) is 22.2. The summed E-state index contributed by atoms with van der Waals surface area (Å²) in [7, 11) is 2.01. The zero-order valence-corrected chi connectivity index (χ0v) is 22.2. The fourth-order valence-corrected chi connectivity index (χ4v) is 5.12. The van der Waals surface area contributed by atoms with Gasteiger partial charge in [0.2, 0.25) is 0 Å². The van der Waals surface area contributed by atoms with Crippen LogP contribution in [-0.4, -0.2) is 68.4 Å². The number of aryl methyl sites for hydroxylation is 1. The van der Waals surface area contributed by atoms with Gasteiger partial charge >= 0.3 is 0 Å². The summed E-state index contributed by atoms with van der Waals surface area (Å²) in [5, 5.41) is 3.53. The Hall–Kier alpha value is -3.43. The number of morpholine rings is 1. The predicted octanol–water partition coefficient (Wildman–Crippen LogP) is 4.21. The second-order valence-corrected chi connectivity index (χ2v) is 9.40. The van der Waals surface area contributed by atoms with Crippen molar-refractivity contribution in [2.24, 2.45) is 7.05 Å². The summed E-state index contributed by atoms with van der Waals surface area (Å²) in [6, 6.07) is 10.7. The second kappa shape index (κ2) is 11.3. The number of fused-ring (bicyclic) bond motifs is 1. The lowest BCUT2D eigenvalue weighted by Crippen LogP contribution is -2.37. The molecule has 4 aromatic heterocycles. The van der Waals surface area contributed by atoms with E-state index in [1.807, 2.05) is 43.7 Å². The highest BCUT2D eigenvalue weighted by molar-refractivity contribution is 5.88. The first-order valence-corrected chi connectivity index (χ1v) is 13.4. The van der Waals surface area contributed by atoms with Gasteiger partial charge in [-0.3, -0.25) is 4.98 Å². The number of piperidine rings is 1. The van der Waals surface area contributed by atoms with Gasteiger partial charge in [0.15, 0.2) is 22.8 Å². The molecule has 2 saturated heterocycles. The molecular formula is C28H36N8O. The number of hydrogen-bond donors (Lipinski definition) is 1. The Morgan fingerprint density at radius 1 is 0.973 bits per heavy atom. The van der Waals surface area contributed by atoms with Gasteiger partial charge in [-0.15, -0.1) is 0 Å². The maximum Gasteiger partial charge on any atom is 0.182 e. The first-order valence-electron chi connectivity index (χ1n) is 13.4. The Balaban J connectivity index is 0.00000137. The summed E-state index contributed by atoms with van der Waals surface area (Å²) in [5.41, 5.74) is 4.51. The van der Waals surface area contributed by atoms with Crippen molar-refractivity contribution >= 4 is 17.0 Å². The Kier molecular flexibility index (Phi) is 7.71. The van der Waals surface area contributed by atoms with Gasteiger partial charge < -0.3 is 19.5 Å². The van der Waals surface area contributed by atoms with Crippen molar-refractivity contribution < 1.29 is 4.74 Å². The van der Waals surface area contributed by atoms with Crippen molar-refractivity contribution in [2.45, 2.75) is 45.6 Å². The minimum atomic E-state index is 0.448. The Morgan fingerprint density at radius 2 is 1.76 bits per heavy atom. The molecule has 2 aliphatic rings. The molecule has 9 heteroatoms. The van der Waals surface area contributed by atoms with Crippen molar-refractivity contribution in [3.63, 3.8) is 0 Å². The van der Waals surface area contributed by atoms with E-state index in [9.17, 15) is 0 Å². The summed E-state index contributed by atoms with van der Waals surface area (Å²) in [6.45, 7) is 10.2. The molecule has 2 atom stereocenters. The molecule has 2 aliphatic heterocycles. The maximum absolute atomic E-state index is 5.60. The van der Waals surface area contributed by atoms with Gasteiger partial charge in [0.1, 0.15) is 11.5 Å². The van der Waals surface area contributed by atoms with Crippen LogP contribution in [0.15, 0.2) is 42.7 Å². The van der Waals surface area contributed by atoms with Crippen molar-refractivity contribution in [2.75, 3.05) is 37.7 Å². The molecule has 0 amide bonds. The average Bonchev–Trinajstić information content (AvgIpc) is 3.31. The van der Waals surface area contributed by atoms with Crippen molar-refractivity contribution in [1.82, 2.24) is 34.8 Å². The predicted molar refractivity (Wildman–Crippen MR) is 147 cm³/mol. The molecule has 0 spiro atoms. The number of ether oxygens (including phenoxy) is 1. The smallest absolute Gasteiger partial charge is 0.182 e. The topological polar surface area (TPSA) is 93.9 Å². The van der Waals surface area contributed by atoms with E-state index in [0.29, 0.717) is 31.0 Å². The Labute approximate surface area is 218 Å². The van der Waals surface area contributed by atoms with E-state index in [1.54, 1.807) is 12.4 Å². The number of nitrogens with one attached hydrogen (secondary N) is 1. The first-order chi connectivity index (χ1) is 18.2. The number of rotatable bonds is 4. The van der Waals surface area contributed by atoms with E-state index in [4.69, 9.17) is 24.7 Å². The van der Waals surface area contributed by atoms with Gasteiger partial charge in [-0.1, -0.05) is 19.9 Å². The summed E-state index contributed by atoms with van der Waals surface area (Å²) in [5.74, 6) is 2.76. The fraction of sp³-hybridized carbons (Fsp3) is 0.464. The maximum atomic E-state index is 5.60. The standard InChI is InChI=1S/C26H30N8O.C2H6/c1-17-16-19(8-11-28-17)20-4-3-5-21(29-20)23-31-25-22(26(32-23)34-12-14-35-15-13-34)30-24(33(25)2)18-6-9-27-10-7-18;1-2/h3-7,9-10,17,19,28H,8,11-16H2,1-2H3;1-2H3. The molecule has 0 aromatic carbocycles. The van der Waals surface area contributed by atoms with Crippen LogP contribution in [0, 0.1) is 0 Å².